The van der Waals surface area contributed by atoms with Crippen LogP contribution in [0.1, 0.15) is 40.0 Å². The van der Waals surface area contributed by atoms with Gasteiger partial charge in [-0.15, -0.1) is 0 Å². The third-order valence-corrected chi connectivity index (χ3v) is 3.17. The summed E-state index contributed by atoms with van der Waals surface area (Å²) in [5.41, 5.74) is -1.17. The Kier molecular flexibility index (Phi) is 3.37. The highest BCUT2D eigenvalue weighted by molar-refractivity contribution is 5.87. The first-order valence-electron chi connectivity index (χ1n) is 5.40. The number of carboxylic acid groups (broad SMARTS) is 1. The van der Waals surface area contributed by atoms with Gasteiger partial charge in [0.05, 0.1) is 0 Å². The van der Waals surface area contributed by atoms with E-state index in [4.69, 9.17) is 5.11 Å². The summed E-state index contributed by atoms with van der Waals surface area (Å²) in [4.78, 5) is 22.6. The van der Waals surface area contributed by atoms with Gasteiger partial charge in [-0.05, 0) is 32.6 Å². The van der Waals surface area contributed by atoms with Crippen molar-refractivity contribution in [3.63, 3.8) is 0 Å². The molecule has 0 aliphatic heterocycles. The highest BCUT2D eigenvalue weighted by Crippen LogP contribution is 2.31. The molecule has 1 fully saturated rings. The van der Waals surface area contributed by atoms with E-state index in [1.165, 1.54) is 13.8 Å². The lowest BCUT2D eigenvalue weighted by Gasteiger charge is -2.24. The molecule has 2 unspecified atom stereocenters. The molecule has 0 spiro atoms. The van der Waals surface area contributed by atoms with Crippen molar-refractivity contribution in [2.75, 3.05) is 0 Å². The molecule has 1 saturated carbocycles. The molecule has 1 aliphatic rings. The first-order valence-corrected chi connectivity index (χ1v) is 5.40. The molecule has 0 radical (unpaired) electrons. The van der Waals surface area contributed by atoms with E-state index in [1.807, 2.05) is 6.92 Å². The van der Waals surface area contributed by atoms with Crippen LogP contribution >= 0.6 is 0 Å². The van der Waals surface area contributed by atoms with Crippen LogP contribution < -0.4 is 5.32 Å². The van der Waals surface area contributed by atoms with Crippen LogP contribution in [0.25, 0.3) is 0 Å². The quantitative estimate of drug-likeness (QED) is 0.744. The number of carbonyl (C=O) groups is 2. The van der Waals surface area contributed by atoms with Crippen LogP contribution in [-0.4, -0.2) is 22.5 Å². The molecule has 1 rings (SSSR count). The van der Waals surface area contributed by atoms with Crippen molar-refractivity contribution in [3.05, 3.63) is 0 Å². The molecule has 0 aromatic rings. The molecule has 4 nitrogen and oxygen atoms in total. The minimum absolute atomic E-state index is 0.0105. The maximum atomic E-state index is 11.8. The van der Waals surface area contributed by atoms with Crippen LogP contribution in [0.5, 0.6) is 0 Å². The molecule has 0 heterocycles. The average molecular weight is 213 g/mol. The predicted molar refractivity (Wildman–Crippen MR) is 56.4 cm³/mol. The van der Waals surface area contributed by atoms with Crippen LogP contribution in [0.2, 0.25) is 0 Å². The van der Waals surface area contributed by atoms with Crippen molar-refractivity contribution in [1.82, 2.24) is 5.32 Å². The SMILES string of the molecule is CC1CCCC1C(=O)NC(C)(C)C(=O)O. The number of carboxylic acids is 1. The minimum Gasteiger partial charge on any atom is -0.480 e. The van der Waals surface area contributed by atoms with Crippen molar-refractivity contribution in [3.8, 4) is 0 Å². The first kappa shape index (κ1) is 12.0. The first-order chi connectivity index (χ1) is 6.84. The zero-order valence-corrected chi connectivity index (χ0v) is 9.54. The Morgan fingerprint density at radius 2 is 1.93 bits per heavy atom. The van der Waals surface area contributed by atoms with Gasteiger partial charge in [-0.1, -0.05) is 13.3 Å². The molecular weight excluding hydrogens is 194 g/mol. The number of nitrogens with one attached hydrogen (secondary N) is 1. The van der Waals surface area contributed by atoms with Gasteiger partial charge in [0.2, 0.25) is 5.91 Å². The van der Waals surface area contributed by atoms with E-state index in [0.29, 0.717) is 5.92 Å². The summed E-state index contributed by atoms with van der Waals surface area (Å²) in [5, 5.41) is 11.5. The fourth-order valence-corrected chi connectivity index (χ4v) is 1.99. The van der Waals surface area contributed by atoms with Crippen molar-refractivity contribution in [2.24, 2.45) is 11.8 Å². The molecule has 2 N–H and O–H groups in total. The van der Waals surface area contributed by atoms with Gasteiger partial charge in [0.25, 0.3) is 0 Å². The van der Waals surface area contributed by atoms with Gasteiger partial charge >= 0.3 is 5.97 Å². The van der Waals surface area contributed by atoms with E-state index < -0.39 is 11.5 Å². The number of aliphatic carboxylic acids is 1. The molecule has 0 bridgehead atoms. The Balaban J connectivity index is 2.59. The Morgan fingerprint density at radius 3 is 2.33 bits per heavy atom. The molecule has 1 amide bonds. The summed E-state index contributed by atoms with van der Waals surface area (Å²) in [6.45, 7) is 5.06. The standard InChI is InChI=1S/C11H19NO3/c1-7-5-4-6-8(7)9(13)12-11(2,3)10(14)15/h7-8H,4-6H2,1-3H3,(H,12,13)(H,14,15). The van der Waals surface area contributed by atoms with Crippen molar-refractivity contribution in [2.45, 2.75) is 45.6 Å². The Morgan fingerprint density at radius 1 is 1.33 bits per heavy atom. The van der Waals surface area contributed by atoms with Gasteiger partial charge in [-0.3, -0.25) is 4.79 Å². The maximum absolute atomic E-state index is 11.8. The Bertz CT molecular complexity index is 273. The van der Waals surface area contributed by atoms with Gasteiger partial charge < -0.3 is 10.4 Å². The number of hydrogen-bond acceptors (Lipinski definition) is 2. The summed E-state index contributed by atoms with van der Waals surface area (Å²) in [7, 11) is 0. The smallest absolute Gasteiger partial charge is 0.328 e. The summed E-state index contributed by atoms with van der Waals surface area (Å²) in [6, 6.07) is 0. The third kappa shape index (κ3) is 2.70. The van der Waals surface area contributed by atoms with Crippen LogP contribution in [0.3, 0.4) is 0 Å². The van der Waals surface area contributed by atoms with Crippen molar-refractivity contribution >= 4 is 11.9 Å². The molecule has 4 heteroatoms. The maximum Gasteiger partial charge on any atom is 0.328 e. The highest BCUT2D eigenvalue weighted by atomic mass is 16.4. The van der Waals surface area contributed by atoms with E-state index in [1.54, 1.807) is 0 Å². The normalized spacial score (nSPS) is 26.3. The largest absolute Gasteiger partial charge is 0.480 e. The lowest BCUT2D eigenvalue weighted by molar-refractivity contribution is -0.146. The molecule has 1 aliphatic carbocycles. The summed E-state index contributed by atoms with van der Waals surface area (Å²) < 4.78 is 0. The van der Waals surface area contributed by atoms with E-state index >= 15 is 0 Å². The van der Waals surface area contributed by atoms with E-state index in [0.717, 1.165) is 19.3 Å². The van der Waals surface area contributed by atoms with Crippen LogP contribution in [-0.2, 0) is 9.59 Å². The van der Waals surface area contributed by atoms with Crippen LogP contribution in [0, 0.1) is 11.8 Å². The van der Waals surface area contributed by atoms with Gasteiger partial charge in [0.1, 0.15) is 5.54 Å². The van der Waals surface area contributed by atoms with Crippen molar-refractivity contribution < 1.29 is 14.7 Å². The van der Waals surface area contributed by atoms with Gasteiger partial charge in [-0.25, -0.2) is 4.79 Å². The lowest BCUT2D eigenvalue weighted by atomic mass is 9.95. The monoisotopic (exact) mass is 213 g/mol. The average Bonchev–Trinajstić information content (AvgIpc) is 2.50. The van der Waals surface area contributed by atoms with Crippen LogP contribution in [0.4, 0.5) is 0 Å². The Labute approximate surface area is 90.0 Å². The summed E-state index contributed by atoms with van der Waals surface area (Å²) in [5.74, 6) is -0.757. The van der Waals surface area contributed by atoms with Crippen molar-refractivity contribution in [1.29, 1.82) is 0 Å². The lowest BCUT2D eigenvalue weighted by Crippen LogP contribution is -2.51. The van der Waals surface area contributed by atoms with Crippen LogP contribution in [0.15, 0.2) is 0 Å². The molecule has 15 heavy (non-hydrogen) atoms. The topological polar surface area (TPSA) is 66.4 Å². The molecule has 0 aromatic carbocycles. The second-order valence-corrected chi connectivity index (χ2v) is 4.93. The molecule has 86 valence electrons. The number of amides is 1. The summed E-state index contributed by atoms with van der Waals surface area (Å²) >= 11 is 0. The third-order valence-electron chi connectivity index (χ3n) is 3.17. The number of carbonyl (C=O) groups excluding carboxylic acids is 1. The predicted octanol–water partition coefficient (Wildman–Crippen LogP) is 1.40. The molecule has 0 aromatic heterocycles. The number of rotatable bonds is 3. The van der Waals surface area contributed by atoms with E-state index in [9.17, 15) is 9.59 Å². The van der Waals surface area contributed by atoms with Gasteiger partial charge in [0.15, 0.2) is 0 Å². The second-order valence-electron chi connectivity index (χ2n) is 4.93. The second kappa shape index (κ2) is 4.21. The minimum atomic E-state index is -1.17. The Hall–Kier alpha value is -1.06. The number of hydrogen-bond donors (Lipinski definition) is 2. The van der Waals surface area contributed by atoms with Gasteiger partial charge in [0, 0.05) is 5.92 Å². The van der Waals surface area contributed by atoms with E-state index in [-0.39, 0.29) is 11.8 Å². The molecular formula is C11H19NO3. The fraction of sp³-hybridized carbons (Fsp3) is 0.818. The summed E-state index contributed by atoms with van der Waals surface area (Å²) in [6.07, 6.45) is 3.00. The zero-order valence-electron chi connectivity index (χ0n) is 9.54. The fourth-order valence-electron chi connectivity index (χ4n) is 1.99. The van der Waals surface area contributed by atoms with Gasteiger partial charge in [-0.2, -0.15) is 0 Å². The van der Waals surface area contributed by atoms with E-state index in [2.05, 4.69) is 5.32 Å². The molecule has 2 atom stereocenters. The zero-order chi connectivity index (χ0) is 11.6. The highest BCUT2D eigenvalue weighted by Gasteiger charge is 2.35. The molecule has 0 saturated heterocycles.